The van der Waals surface area contributed by atoms with Gasteiger partial charge < -0.3 is 8.85 Å². The first-order chi connectivity index (χ1) is 8.23. The molecule has 2 atom stereocenters. The average Bonchev–Trinajstić information content (AvgIpc) is 2.86. The molecule has 2 nitrogen and oxygen atoms in total. The standard InChI is InChI=1S/C13H25ClO2Si/c1-15-17(16-2,12-7-3-4-8-12)13-9-5-6-11(14)10-13/h11-13H,3-10H2,1-2H3. The number of alkyl halides is 1. The quantitative estimate of drug-likeness (QED) is 0.565. The molecule has 2 fully saturated rings. The SMILES string of the molecule is CO[Si](OC)(C1CCCC1)C1CCCC(Cl)C1. The molecule has 2 aliphatic rings. The van der Waals surface area contributed by atoms with Gasteiger partial charge in [0, 0.05) is 30.7 Å². The van der Waals surface area contributed by atoms with Crippen LogP contribution in [0.3, 0.4) is 0 Å². The van der Waals surface area contributed by atoms with E-state index in [4.69, 9.17) is 20.5 Å². The van der Waals surface area contributed by atoms with Gasteiger partial charge >= 0.3 is 8.56 Å². The second kappa shape index (κ2) is 6.05. The van der Waals surface area contributed by atoms with Gasteiger partial charge in [-0.15, -0.1) is 11.6 Å². The van der Waals surface area contributed by atoms with Gasteiger partial charge in [0.05, 0.1) is 0 Å². The highest BCUT2D eigenvalue weighted by molar-refractivity contribution is 6.70. The first-order valence-electron chi connectivity index (χ1n) is 6.97. The molecule has 0 saturated heterocycles. The summed E-state index contributed by atoms with van der Waals surface area (Å²) in [5, 5.41) is 0.340. The van der Waals surface area contributed by atoms with Crippen LogP contribution in [-0.2, 0) is 8.85 Å². The Morgan fingerprint density at radius 2 is 1.47 bits per heavy atom. The fraction of sp³-hybridized carbons (Fsp3) is 1.00. The molecule has 0 heterocycles. The van der Waals surface area contributed by atoms with Crippen LogP contribution in [0.25, 0.3) is 0 Å². The van der Waals surface area contributed by atoms with Gasteiger partial charge in [-0.2, -0.15) is 0 Å². The van der Waals surface area contributed by atoms with Gasteiger partial charge in [-0.1, -0.05) is 19.3 Å². The first-order valence-corrected chi connectivity index (χ1v) is 9.38. The largest absolute Gasteiger partial charge is 0.397 e. The molecule has 0 spiro atoms. The third-order valence-corrected chi connectivity index (χ3v) is 9.79. The molecule has 0 N–H and O–H groups in total. The molecule has 0 aromatic carbocycles. The van der Waals surface area contributed by atoms with E-state index in [1.165, 1.54) is 44.9 Å². The summed E-state index contributed by atoms with van der Waals surface area (Å²) in [5.74, 6) is 0. The van der Waals surface area contributed by atoms with Crippen molar-refractivity contribution in [3.63, 3.8) is 0 Å². The Labute approximate surface area is 111 Å². The summed E-state index contributed by atoms with van der Waals surface area (Å²) in [6.45, 7) is 0. The predicted molar refractivity (Wildman–Crippen MR) is 73.8 cm³/mol. The normalized spacial score (nSPS) is 31.9. The van der Waals surface area contributed by atoms with Crippen LogP contribution in [-0.4, -0.2) is 28.2 Å². The topological polar surface area (TPSA) is 18.5 Å². The Morgan fingerprint density at radius 3 is 2.00 bits per heavy atom. The molecule has 2 unspecified atom stereocenters. The third-order valence-electron chi connectivity index (χ3n) is 4.74. The van der Waals surface area contributed by atoms with Crippen LogP contribution in [0.1, 0.15) is 51.4 Å². The van der Waals surface area contributed by atoms with Gasteiger partial charge in [0.15, 0.2) is 0 Å². The van der Waals surface area contributed by atoms with Crippen molar-refractivity contribution in [1.29, 1.82) is 0 Å². The maximum Gasteiger partial charge on any atom is 0.344 e. The van der Waals surface area contributed by atoms with Gasteiger partial charge in [-0.05, 0) is 32.1 Å². The molecular formula is C13H25ClO2Si. The molecule has 100 valence electrons. The van der Waals surface area contributed by atoms with Crippen LogP contribution < -0.4 is 0 Å². The van der Waals surface area contributed by atoms with Gasteiger partial charge in [0.1, 0.15) is 0 Å². The minimum Gasteiger partial charge on any atom is -0.397 e. The molecule has 2 rings (SSSR count). The maximum absolute atomic E-state index is 6.35. The molecule has 0 aromatic rings. The summed E-state index contributed by atoms with van der Waals surface area (Å²) in [6.07, 6.45) is 10.1. The lowest BCUT2D eigenvalue weighted by Crippen LogP contribution is -2.50. The second-order valence-corrected chi connectivity index (χ2v) is 10.1. The molecule has 0 aliphatic heterocycles. The smallest absolute Gasteiger partial charge is 0.344 e. The van der Waals surface area contributed by atoms with E-state index < -0.39 is 8.56 Å². The zero-order chi connectivity index (χ0) is 12.3. The van der Waals surface area contributed by atoms with E-state index in [0.717, 1.165) is 6.42 Å². The van der Waals surface area contributed by atoms with Crippen LogP contribution in [0.4, 0.5) is 0 Å². The Kier molecular flexibility index (Phi) is 4.93. The summed E-state index contributed by atoms with van der Waals surface area (Å²) in [7, 11) is 1.70. The van der Waals surface area contributed by atoms with Crippen LogP contribution in [0.5, 0.6) is 0 Å². The van der Waals surface area contributed by atoms with Crippen molar-refractivity contribution < 1.29 is 8.85 Å². The van der Waals surface area contributed by atoms with Gasteiger partial charge in [0.25, 0.3) is 0 Å². The summed E-state index contributed by atoms with van der Waals surface area (Å²) in [4.78, 5) is 0. The molecule has 0 amide bonds. The van der Waals surface area contributed by atoms with E-state index >= 15 is 0 Å². The lowest BCUT2D eigenvalue weighted by atomic mass is 10.00. The summed E-state index contributed by atoms with van der Waals surface area (Å²) < 4.78 is 12.0. The summed E-state index contributed by atoms with van der Waals surface area (Å²) in [6, 6.07) is 0. The van der Waals surface area contributed by atoms with Crippen molar-refractivity contribution in [2.75, 3.05) is 14.2 Å². The minimum atomic E-state index is -2.04. The molecule has 0 aromatic heterocycles. The first kappa shape index (κ1) is 13.8. The Bertz CT molecular complexity index is 240. The summed E-state index contributed by atoms with van der Waals surface area (Å²) >= 11 is 6.35. The van der Waals surface area contributed by atoms with Crippen molar-refractivity contribution in [3.05, 3.63) is 0 Å². The molecule has 4 heteroatoms. The molecule has 0 bridgehead atoms. The number of rotatable bonds is 4. The number of hydrogen-bond acceptors (Lipinski definition) is 2. The fourth-order valence-electron chi connectivity index (χ4n) is 3.91. The van der Waals surface area contributed by atoms with E-state index in [2.05, 4.69) is 0 Å². The molecule has 2 aliphatic carbocycles. The lowest BCUT2D eigenvalue weighted by molar-refractivity contribution is 0.204. The monoisotopic (exact) mass is 276 g/mol. The van der Waals surface area contributed by atoms with Gasteiger partial charge in [0.2, 0.25) is 0 Å². The maximum atomic E-state index is 6.35. The lowest BCUT2D eigenvalue weighted by Gasteiger charge is -2.42. The van der Waals surface area contributed by atoms with Crippen molar-refractivity contribution in [2.24, 2.45) is 0 Å². The van der Waals surface area contributed by atoms with E-state index in [1.54, 1.807) is 0 Å². The Balaban J connectivity index is 2.13. The number of hydrogen-bond donors (Lipinski definition) is 0. The van der Waals surface area contributed by atoms with Crippen molar-refractivity contribution in [2.45, 2.75) is 67.8 Å². The molecule has 2 saturated carbocycles. The van der Waals surface area contributed by atoms with Crippen LogP contribution in [0, 0.1) is 0 Å². The Hall–Kier alpha value is 0.427. The van der Waals surface area contributed by atoms with E-state index in [-0.39, 0.29) is 0 Å². The van der Waals surface area contributed by atoms with E-state index in [9.17, 15) is 0 Å². The fourth-order valence-corrected chi connectivity index (χ4v) is 9.03. The van der Waals surface area contributed by atoms with Crippen molar-refractivity contribution in [1.82, 2.24) is 0 Å². The predicted octanol–water partition coefficient (Wildman–Crippen LogP) is 4.22. The van der Waals surface area contributed by atoms with Crippen LogP contribution in [0.2, 0.25) is 11.1 Å². The van der Waals surface area contributed by atoms with Gasteiger partial charge in [-0.25, -0.2) is 0 Å². The molecule has 0 radical (unpaired) electrons. The van der Waals surface area contributed by atoms with Crippen molar-refractivity contribution in [3.8, 4) is 0 Å². The molecular weight excluding hydrogens is 252 g/mol. The van der Waals surface area contributed by atoms with Crippen LogP contribution in [0.15, 0.2) is 0 Å². The summed E-state index contributed by atoms with van der Waals surface area (Å²) in [5.41, 5.74) is 1.31. The highest BCUT2D eigenvalue weighted by Crippen LogP contribution is 2.50. The highest BCUT2D eigenvalue weighted by atomic mass is 35.5. The van der Waals surface area contributed by atoms with Crippen LogP contribution >= 0.6 is 11.6 Å². The zero-order valence-electron chi connectivity index (χ0n) is 11.1. The zero-order valence-corrected chi connectivity index (χ0v) is 12.8. The minimum absolute atomic E-state index is 0.340. The van der Waals surface area contributed by atoms with Gasteiger partial charge in [-0.3, -0.25) is 0 Å². The molecule has 17 heavy (non-hydrogen) atoms. The van der Waals surface area contributed by atoms with Crippen molar-refractivity contribution >= 4 is 20.2 Å². The van der Waals surface area contributed by atoms with E-state index in [1.807, 2.05) is 14.2 Å². The number of halogens is 1. The van der Waals surface area contributed by atoms with E-state index in [0.29, 0.717) is 16.5 Å². The highest BCUT2D eigenvalue weighted by Gasteiger charge is 2.52. The second-order valence-electron chi connectivity index (χ2n) is 5.57. The third kappa shape index (κ3) is 2.72. The Morgan fingerprint density at radius 1 is 0.882 bits per heavy atom. The average molecular weight is 277 g/mol.